The minimum atomic E-state index is -1.04. The molecule has 3 rings (SSSR count). The van der Waals surface area contributed by atoms with Crippen molar-refractivity contribution < 1.29 is 14.3 Å². The van der Waals surface area contributed by atoms with Crippen LogP contribution in [0.2, 0.25) is 0 Å². The van der Waals surface area contributed by atoms with Gasteiger partial charge in [0, 0.05) is 22.1 Å². The summed E-state index contributed by atoms with van der Waals surface area (Å²) >= 11 is 1.70. The molecule has 3 aromatic rings. The van der Waals surface area contributed by atoms with Gasteiger partial charge in [-0.1, -0.05) is 24.3 Å². The van der Waals surface area contributed by atoms with Crippen molar-refractivity contribution in [1.29, 1.82) is 0 Å². The van der Waals surface area contributed by atoms with Gasteiger partial charge in [0.15, 0.2) is 0 Å². The van der Waals surface area contributed by atoms with Crippen LogP contribution in [0.25, 0.3) is 16.2 Å². The molecule has 4 heteroatoms. The van der Waals surface area contributed by atoms with Crippen molar-refractivity contribution in [3.8, 4) is 0 Å². The molecule has 0 atom stereocenters. The lowest BCUT2D eigenvalue weighted by molar-refractivity contribution is -0.131. The third-order valence-electron chi connectivity index (χ3n) is 3.35. The van der Waals surface area contributed by atoms with Crippen LogP contribution >= 0.6 is 11.3 Å². The molecule has 1 heterocycles. The van der Waals surface area contributed by atoms with E-state index in [4.69, 9.17) is 5.11 Å². The number of fused-ring (bicyclic) bond motifs is 1. The van der Waals surface area contributed by atoms with E-state index in [-0.39, 0.29) is 5.82 Å². The number of aliphatic carboxylic acids is 1. The fourth-order valence-corrected chi connectivity index (χ4v) is 3.44. The standard InChI is InChI=1S/C18H13FO2S/c19-15-7-5-13(12(9-15)6-8-18(20)21)10-16-11-14-3-1-2-4-17(14)22-16/h1-9,11H,10H2,(H,20,21)/b8-6+. The van der Waals surface area contributed by atoms with Gasteiger partial charge in [0.05, 0.1) is 0 Å². The summed E-state index contributed by atoms with van der Waals surface area (Å²) in [5.74, 6) is -1.41. The van der Waals surface area contributed by atoms with Crippen molar-refractivity contribution in [3.63, 3.8) is 0 Å². The summed E-state index contributed by atoms with van der Waals surface area (Å²) in [6.07, 6.45) is 3.12. The zero-order valence-electron chi connectivity index (χ0n) is 11.6. The Kier molecular flexibility index (Phi) is 4.02. The van der Waals surface area contributed by atoms with Gasteiger partial charge in [-0.05, 0) is 46.9 Å². The van der Waals surface area contributed by atoms with E-state index in [0.29, 0.717) is 12.0 Å². The molecule has 1 aromatic heterocycles. The van der Waals surface area contributed by atoms with Crippen LogP contribution < -0.4 is 0 Å². The molecule has 0 amide bonds. The molecule has 22 heavy (non-hydrogen) atoms. The van der Waals surface area contributed by atoms with Gasteiger partial charge < -0.3 is 5.11 Å². The first-order valence-corrected chi connectivity index (χ1v) is 7.60. The topological polar surface area (TPSA) is 37.3 Å². The molecule has 2 aromatic carbocycles. The summed E-state index contributed by atoms with van der Waals surface area (Å²) in [7, 11) is 0. The first-order chi connectivity index (χ1) is 10.6. The lowest BCUT2D eigenvalue weighted by Crippen LogP contribution is -1.92. The molecule has 2 nitrogen and oxygen atoms in total. The quantitative estimate of drug-likeness (QED) is 0.707. The van der Waals surface area contributed by atoms with Crippen LogP contribution in [0.15, 0.2) is 54.6 Å². The molecule has 0 saturated heterocycles. The molecule has 0 unspecified atom stereocenters. The van der Waals surface area contributed by atoms with Gasteiger partial charge in [-0.25, -0.2) is 9.18 Å². The number of thiophene rings is 1. The molecule has 0 aliphatic rings. The predicted molar refractivity (Wildman–Crippen MR) is 87.7 cm³/mol. The minimum absolute atomic E-state index is 0.370. The second-order valence-electron chi connectivity index (χ2n) is 4.94. The van der Waals surface area contributed by atoms with Gasteiger partial charge in [-0.2, -0.15) is 0 Å². The van der Waals surface area contributed by atoms with Crippen LogP contribution in [-0.4, -0.2) is 11.1 Å². The number of carbonyl (C=O) groups is 1. The van der Waals surface area contributed by atoms with E-state index in [1.807, 2.05) is 12.1 Å². The Morgan fingerprint density at radius 2 is 2.00 bits per heavy atom. The summed E-state index contributed by atoms with van der Waals surface area (Å²) in [6.45, 7) is 0. The fourth-order valence-electron chi connectivity index (χ4n) is 2.35. The largest absolute Gasteiger partial charge is 0.478 e. The Morgan fingerprint density at radius 3 is 2.77 bits per heavy atom. The van der Waals surface area contributed by atoms with Crippen LogP contribution in [-0.2, 0) is 11.2 Å². The molecule has 1 N–H and O–H groups in total. The van der Waals surface area contributed by atoms with E-state index < -0.39 is 5.97 Å². The molecule has 0 aliphatic carbocycles. The van der Waals surface area contributed by atoms with E-state index in [1.54, 1.807) is 17.4 Å². The van der Waals surface area contributed by atoms with Gasteiger partial charge in [-0.15, -0.1) is 11.3 Å². The van der Waals surface area contributed by atoms with Gasteiger partial charge in [0.25, 0.3) is 0 Å². The Hall–Kier alpha value is -2.46. The summed E-state index contributed by atoms with van der Waals surface area (Å²) in [4.78, 5) is 11.8. The second kappa shape index (κ2) is 6.12. The van der Waals surface area contributed by atoms with Crippen LogP contribution in [0, 0.1) is 5.82 Å². The van der Waals surface area contributed by atoms with Gasteiger partial charge in [0.1, 0.15) is 5.82 Å². The lowest BCUT2D eigenvalue weighted by Gasteiger charge is -2.05. The maximum Gasteiger partial charge on any atom is 0.328 e. The third-order valence-corrected chi connectivity index (χ3v) is 4.47. The number of hydrogen-bond acceptors (Lipinski definition) is 2. The highest BCUT2D eigenvalue weighted by molar-refractivity contribution is 7.19. The maximum atomic E-state index is 13.4. The Bertz CT molecular complexity index is 831. The van der Waals surface area contributed by atoms with E-state index in [0.717, 1.165) is 16.5 Å². The highest BCUT2D eigenvalue weighted by Gasteiger charge is 2.07. The first kappa shape index (κ1) is 14.5. The van der Waals surface area contributed by atoms with Gasteiger partial charge in [-0.3, -0.25) is 0 Å². The number of halogens is 1. The second-order valence-corrected chi connectivity index (χ2v) is 6.11. The summed E-state index contributed by atoms with van der Waals surface area (Å²) < 4.78 is 14.6. The number of hydrogen-bond donors (Lipinski definition) is 1. The molecular formula is C18H13FO2S. The minimum Gasteiger partial charge on any atom is -0.478 e. The fraction of sp³-hybridized carbons (Fsp3) is 0.0556. The maximum absolute atomic E-state index is 13.4. The average molecular weight is 312 g/mol. The number of rotatable bonds is 4. The predicted octanol–water partition coefficient (Wildman–Crippen LogP) is 4.73. The van der Waals surface area contributed by atoms with Crippen LogP contribution in [0.1, 0.15) is 16.0 Å². The Morgan fingerprint density at radius 1 is 1.18 bits per heavy atom. The zero-order valence-corrected chi connectivity index (χ0v) is 12.4. The lowest BCUT2D eigenvalue weighted by atomic mass is 10.0. The van der Waals surface area contributed by atoms with Crippen molar-refractivity contribution in [2.24, 2.45) is 0 Å². The van der Waals surface area contributed by atoms with Crippen LogP contribution in [0.3, 0.4) is 0 Å². The number of carboxylic acids is 1. The third kappa shape index (κ3) is 3.23. The normalized spacial score (nSPS) is 11.3. The molecule has 0 bridgehead atoms. The average Bonchev–Trinajstić information content (AvgIpc) is 2.89. The van der Waals surface area contributed by atoms with Crippen LogP contribution in [0.5, 0.6) is 0 Å². The zero-order chi connectivity index (χ0) is 15.5. The summed E-state index contributed by atoms with van der Waals surface area (Å²) in [5.41, 5.74) is 1.50. The summed E-state index contributed by atoms with van der Waals surface area (Å²) in [6, 6.07) is 14.7. The molecule has 0 spiro atoms. The molecule has 0 saturated carbocycles. The molecule has 0 aliphatic heterocycles. The first-order valence-electron chi connectivity index (χ1n) is 6.79. The molecule has 0 fully saturated rings. The van der Waals surface area contributed by atoms with Crippen molar-refractivity contribution in [2.45, 2.75) is 6.42 Å². The van der Waals surface area contributed by atoms with E-state index in [1.165, 1.54) is 28.3 Å². The van der Waals surface area contributed by atoms with Crippen molar-refractivity contribution in [1.82, 2.24) is 0 Å². The monoisotopic (exact) mass is 312 g/mol. The number of carboxylic acid groups (broad SMARTS) is 1. The van der Waals surface area contributed by atoms with Gasteiger partial charge in [0.2, 0.25) is 0 Å². The molecule has 110 valence electrons. The van der Waals surface area contributed by atoms with Crippen molar-refractivity contribution in [3.05, 3.63) is 76.4 Å². The SMILES string of the molecule is O=C(O)/C=C/c1cc(F)ccc1Cc1cc2ccccc2s1. The highest BCUT2D eigenvalue weighted by atomic mass is 32.1. The molecule has 0 radical (unpaired) electrons. The highest BCUT2D eigenvalue weighted by Crippen LogP contribution is 2.28. The van der Waals surface area contributed by atoms with E-state index in [2.05, 4.69) is 18.2 Å². The van der Waals surface area contributed by atoms with Crippen molar-refractivity contribution in [2.75, 3.05) is 0 Å². The Labute approximate surface area is 131 Å². The van der Waals surface area contributed by atoms with Gasteiger partial charge >= 0.3 is 5.97 Å². The smallest absolute Gasteiger partial charge is 0.328 e. The molecular weight excluding hydrogens is 299 g/mol. The number of benzene rings is 2. The summed E-state index contributed by atoms with van der Waals surface area (Å²) in [5, 5.41) is 9.93. The van der Waals surface area contributed by atoms with Crippen molar-refractivity contribution >= 4 is 33.5 Å². The van der Waals surface area contributed by atoms with Crippen LogP contribution in [0.4, 0.5) is 4.39 Å². The van der Waals surface area contributed by atoms with E-state index >= 15 is 0 Å². The Balaban J connectivity index is 1.95. The van der Waals surface area contributed by atoms with E-state index in [9.17, 15) is 9.18 Å².